The third-order valence-corrected chi connectivity index (χ3v) is 1.51. The number of rotatable bonds is 5. The minimum Gasteiger partial charge on any atom is -0.326 e. The molecule has 0 fully saturated rings. The van der Waals surface area contributed by atoms with E-state index in [1.807, 2.05) is 0 Å². The molecule has 0 rings (SSSR count). The summed E-state index contributed by atoms with van der Waals surface area (Å²) in [5.41, 5.74) is 5.67. The van der Waals surface area contributed by atoms with E-state index < -0.39 is 0 Å². The average Bonchev–Trinajstić information content (AvgIpc) is 1.88. The first-order chi connectivity index (χ1) is 4.68. The zero-order chi connectivity index (χ0) is 7.98. The van der Waals surface area contributed by atoms with E-state index in [9.17, 15) is 4.39 Å². The van der Waals surface area contributed by atoms with Gasteiger partial charge >= 0.3 is 0 Å². The highest BCUT2D eigenvalue weighted by Crippen LogP contribution is 1.95. The first-order valence-corrected chi connectivity index (χ1v) is 3.70. The lowest BCUT2D eigenvalue weighted by Gasteiger charge is -2.15. The van der Waals surface area contributed by atoms with Crippen molar-refractivity contribution in [2.45, 2.75) is 19.9 Å². The highest BCUT2D eigenvalue weighted by atomic mass is 19.1. The molecule has 0 saturated heterocycles. The number of alkyl halides is 1. The van der Waals surface area contributed by atoms with Gasteiger partial charge in [0, 0.05) is 19.1 Å². The molecule has 3 N–H and O–H groups in total. The monoisotopic (exact) mass is 148 g/mol. The Labute approximate surface area is 62.0 Å². The lowest BCUT2D eigenvalue weighted by atomic mass is 10.1. The summed E-state index contributed by atoms with van der Waals surface area (Å²) < 4.78 is 11.5. The van der Waals surface area contributed by atoms with Gasteiger partial charge in [0.2, 0.25) is 0 Å². The Morgan fingerprint density at radius 3 is 2.50 bits per heavy atom. The van der Waals surface area contributed by atoms with Crippen LogP contribution in [0.15, 0.2) is 0 Å². The van der Waals surface area contributed by atoms with Crippen molar-refractivity contribution in [3.8, 4) is 0 Å². The Bertz CT molecular complexity index is 76.0. The second-order valence-electron chi connectivity index (χ2n) is 2.80. The molecule has 2 nitrogen and oxygen atoms in total. The smallest absolute Gasteiger partial charge is 0.102 e. The van der Waals surface area contributed by atoms with E-state index in [0.717, 1.165) is 0 Å². The lowest BCUT2D eigenvalue weighted by molar-refractivity contribution is 0.423. The summed E-state index contributed by atoms with van der Waals surface area (Å²) in [5, 5.41) is 2.92. The van der Waals surface area contributed by atoms with Crippen LogP contribution in [0.1, 0.15) is 13.8 Å². The minimum atomic E-state index is -0.315. The molecule has 0 saturated carbocycles. The molecule has 1 unspecified atom stereocenters. The van der Waals surface area contributed by atoms with E-state index >= 15 is 0 Å². The Hall–Kier alpha value is -0.150. The van der Waals surface area contributed by atoms with E-state index in [4.69, 9.17) is 5.73 Å². The van der Waals surface area contributed by atoms with Crippen molar-refractivity contribution in [1.29, 1.82) is 0 Å². The normalized spacial score (nSPS) is 14.1. The van der Waals surface area contributed by atoms with Gasteiger partial charge in [-0.1, -0.05) is 13.8 Å². The van der Waals surface area contributed by atoms with Crippen LogP contribution in [-0.4, -0.2) is 25.8 Å². The molecule has 3 heteroatoms. The number of nitrogens with one attached hydrogen (secondary N) is 1. The van der Waals surface area contributed by atoms with Crippen LogP contribution in [0.4, 0.5) is 4.39 Å². The van der Waals surface area contributed by atoms with Crippen molar-refractivity contribution in [3.05, 3.63) is 0 Å². The maximum absolute atomic E-state index is 11.5. The molecule has 0 aromatic heterocycles. The van der Waals surface area contributed by atoms with Gasteiger partial charge in [0.1, 0.15) is 6.67 Å². The fourth-order valence-corrected chi connectivity index (χ4v) is 0.571. The van der Waals surface area contributed by atoms with Gasteiger partial charge in [0.25, 0.3) is 0 Å². The molecule has 0 aromatic rings. The van der Waals surface area contributed by atoms with Crippen LogP contribution in [0.3, 0.4) is 0 Å². The van der Waals surface area contributed by atoms with Crippen LogP contribution in [0, 0.1) is 5.92 Å². The van der Waals surface area contributed by atoms with Gasteiger partial charge in [-0.25, -0.2) is 4.39 Å². The molecule has 0 heterocycles. The largest absolute Gasteiger partial charge is 0.326 e. The van der Waals surface area contributed by atoms with Crippen LogP contribution >= 0.6 is 0 Å². The second kappa shape index (κ2) is 5.62. The summed E-state index contributed by atoms with van der Waals surface area (Å²) in [6.45, 7) is 4.93. The van der Waals surface area contributed by atoms with Gasteiger partial charge in [-0.15, -0.1) is 0 Å². The van der Waals surface area contributed by atoms with Gasteiger partial charge < -0.3 is 11.1 Å². The van der Waals surface area contributed by atoms with Crippen LogP contribution in [0.5, 0.6) is 0 Å². The predicted octanol–water partition coefficient (Wildman–Crippen LogP) is 0.529. The quantitative estimate of drug-likeness (QED) is 0.558. The summed E-state index contributed by atoms with van der Waals surface area (Å²) in [5.74, 6) is 0.465. The van der Waals surface area contributed by atoms with Crippen molar-refractivity contribution < 1.29 is 4.39 Å². The van der Waals surface area contributed by atoms with Crippen molar-refractivity contribution in [3.63, 3.8) is 0 Å². The van der Waals surface area contributed by atoms with Gasteiger partial charge in [-0.2, -0.15) is 0 Å². The lowest BCUT2D eigenvalue weighted by Crippen LogP contribution is -2.38. The summed E-state index contributed by atoms with van der Waals surface area (Å²) in [6.07, 6.45) is 0. The Morgan fingerprint density at radius 2 is 2.10 bits per heavy atom. The van der Waals surface area contributed by atoms with Gasteiger partial charge in [0.05, 0.1) is 0 Å². The molecule has 0 aliphatic rings. The molecule has 0 bridgehead atoms. The number of hydrogen-bond acceptors (Lipinski definition) is 2. The molecular formula is C7H17FN2. The number of nitrogens with two attached hydrogens (primary N) is 1. The van der Waals surface area contributed by atoms with E-state index in [1.165, 1.54) is 0 Å². The fraction of sp³-hybridized carbons (Fsp3) is 1.00. The molecule has 62 valence electrons. The second-order valence-corrected chi connectivity index (χ2v) is 2.80. The first-order valence-electron chi connectivity index (χ1n) is 3.70. The molecule has 0 amide bonds. The van der Waals surface area contributed by atoms with Gasteiger partial charge in [-0.3, -0.25) is 0 Å². The summed E-state index contributed by atoms with van der Waals surface area (Å²) >= 11 is 0. The zero-order valence-electron chi connectivity index (χ0n) is 6.73. The number of hydrogen-bond donors (Lipinski definition) is 2. The zero-order valence-corrected chi connectivity index (χ0v) is 6.73. The van der Waals surface area contributed by atoms with E-state index in [2.05, 4.69) is 19.2 Å². The Balaban J connectivity index is 3.13. The summed E-state index contributed by atoms with van der Waals surface area (Å²) in [4.78, 5) is 0. The van der Waals surface area contributed by atoms with Crippen LogP contribution in [-0.2, 0) is 0 Å². The van der Waals surface area contributed by atoms with Crippen molar-refractivity contribution in [2.75, 3.05) is 19.8 Å². The predicted molar refractivity (Wildman–Crippen MR) is 41.7 cm³/mol. The van der Waals surface area contributed by atoms with Gasteiger partial charge in [0.15, 0.2) is 0 Å². The molecule has 0 aliphatic carbocycles. The summed E-state index contributed by atoms with van der Waals surface area (Å²) in [7, 11) is 0. The summed E-state index contributed by atoms with van der Waals surface area (Å²) in [6, 6.07) is 0.145. The topological polar surface area (TPSA) is 38.0 Å². The standard InChI is InChI=1S/C7H17FN2/c1-6(2)7(9)5-10-4-3-8/h6-7,10H,3-5,9H2,1-2H3. The Morgan fingerprint density at radius 1 is 1.50 bits per heavy atom. The van der Waals surface area contributed by atoms with Crippen molar-refractivity contribution in [2.24, 2.45) is 11.7 Å². The first kappa shape index (κ1) is 9.85. The molecule has 0 aliphatic heterocycles. The molecule has 1 atom stereocenters. The van der Waals surface area contributed by atoms with Gasteiger partial charge in [-0.05, 0) is 5.92 Å². The van der Waals surface area contributed by atoms with Crippen LogP contribution in [0.2, 0.25) is 0 Å². The Kier molecular flexibility index (Phi) is 5.54. The SMILES string of the molecule is CC(C)C(N)CNCCF. The van der Waals surface area contributed by atoms with Crippen LogP contribution in [0.25, 0.3) is 0 Å². The molecule has 0 radical (unpaired) electrons. The maximum atomic E-state index is 11.5. The number of halogens is 1. The highest BCUT2D eigenvalue weighted by molar-refractivity contribution is 4.67. The third-order valence-electron chi connectivity index (χ3n) is 1.51. The maximum Gasteiger partial charge on any atom is 0.102 e. The average molecular weight is 148 g/mol. The highest BCUT2D eigenvalue weighted by Gasteiger charge is 2.05. The van der Waals surface area contributed by atoms with E-state index in [-0.39, 0.29) is 12.7 Å². The molecule has 0 spiro atoms. The van der Waals surface area contributed by atoms with Crippen molar-refractivity contribution >= 4 is 0 Å². The van der Waals surface area contributed by atoms with Crippen molar-refractivity contribution in [1.82, 2.24) is 5.32 Å². The molecule has 0 aromatic carbocycles. The van der Waals surface area contributed by atoms with Crippen LogP contribution < -0.4 is 11.1 Å². The fourth-order valence-electron chi connectivity index (χ4n) is 0.571. The molecular weight excluding hydrogens is 131 g/mol. The third kappa shape index (κ3) is 4.70. The molecule has 10 heavy (non-hydrogen) atoms. The van der Waals surface area contributed by atoms with E-state index in [0.29, 0.717) is 19.0 Å². The van der Waals surface area contributed by atoms with E-state index in [1.54, 1.807) is 0 Å². The minimum absolute atomic E-state index is 0.145.